The zero-order valence-corrected chi connectivity index (χ0v) is 8.43. The number of amides is 1. The fourth-order valence-corrected chi connectivity index (χ4v) is 2.06. The zero-order chi connectivity index (χ0) is 10.6. The van der Waals surface area contributed by atoms with Gasteiger partial charge < -0.3 is 5.32 Å². The molecule has 82 valence electrons. The molecule has 0 aromatic heterocycles. The van der Waals surface area contributed by atoms with E-state index < -0.39 is 12.3 Å². The van der Waals surface area contributed by atoms with Crippen molar-refractivity contribution >= 4 is 5.91 Å². The van der Waals surface area contributed by atoms with E-state index in [0.717, 1.165) is 32.1 Å². The fraction of sp³-hybridized carbons (Fsp3) is 0.900. The van der Waals surface area contributed by atoms with Crippen LogP contribution in [0.5, 0.6) is 0 Å². The smallest absolute Gasteiger partial charge is 0.315 e. The van der Waals surface area contributed by atoms with E-state index in [1.807, 2.05) is 0 Å². The lowest BCUT2D eigenvalue weighted by Crippen LogP contribution is -2.41. The standard InChI is InChI=1S/C10H17F2NO/c1-2-7-4-3-5-8(6-7)13-10(14)9(11)12/h7-9H,2-6H2,1H3,(H,13,14). The van der Waals surface area contributed by atoms with Crippen LogP contribution in [-0.4, -0.2) is 18.4 Å². The normalized spacial score (nSPS) is 27.7. The van der Waals surface area contributed by atoms with E-state index in [1.54, 1.807) is 0 Å². The van der Waals surface area contributed by atoms with Crippen molar-refractivity contribution in [2.45, 2.75) is 51.5 Å². The van der Waals surface area contributed by atoms with E-state index in [-0.39, 0.29) is 6.04 Å². The Kier molecular flexibility index (Phi) is 4.29. The molecule has 2 nitrogen and oxygen atoms in total. The Morgan fingerprint density at radius 1 is 1.50 bits per heavy atom. The third kappa shape index (κ3) is 3.24. The first-order valence-corrected chi connectivity index (χ1v) is 5.22. The number of nitrogens with one attached hydrogen (secondary N) is 1. The molecular weight excluding hydrogens is 188 g/mol. The van der Waals surface area contributed by atoms with Crippen molar-refractivity contribution in [3.63, 3.8) is 0 Å². The quantitative estimate of drug-likeness (QED) is 0.752. The van der Waals surface area contributed by atoms with Gasteiger partial charge in [0.25, 0.3) is 5.91 Å². The van der Waals surface area contributed by atoms with Gasteiger partial charge in [-0.15, -0.1) is 0 Å². The highest BCUT2D eigenvalue weighted by atomic mass is 19.3. The van der Waals surface area contributed by atoms with Gasteiger partial charge in [0.05, 0.1) is 0 Å². The van der Waals surface area contributed by atoms with Gasteiger partial charge in [0, 0.05) is 6.04 Å². The number of alkyl halides is 2. The van der Waals surface area contributed by atoms with Gasteiger partial charge in [-0.2, -0.15) is 8.78 Å². The van der Waals surface area contributed by atoms with Crippen molar-refractivity contribution in [3.8, 4) is 0 Å². The van der Waals surface area contributed by atoms with Crippen LogP contribution >= 0.6 is 0 Å². The van der Waals surface area contributed by atoms with Crippen LogP contribution in [0.15, 0.2) is 0 Å². The number of carbonyl (C=O) groups is 1. The van der Waals surface area contributed by atoms with Gasteiger partial charge in [0.1, 0.15) is 0 Å². The minimum absolute atomic E-state index is 0.0322. The van der Waals surface area contributed by atoms with Crippen LogP contribution in [0.1, 0.15) is 39.0 Å². The number of hydrogen-bond donors (Lipinski definition) is 1. The van der Waals surface area contributed by atoms with E-state index >= 15 is 0 Å². The lowest BCUT2D eigenvalue weighted by Gasteiger charge is -2.28. The highest BCUT2D eigenvalue weighted by Crippen LogP contribution is 2.26. The van der Waals surface area contributed by atoms with Crippen molar-refractivity contribution in [3.05, 3.63) is 0 Å². The molecule has 4 heteroatoms. The Bertz CT molecular complexity index is 197. The second-order valence-corrected chi connectivity index (χ2v) is 3.95. The van der Waals surface area contributed by atoms with Gasteiger partial charge in [-0.1, -0.05) is 26.2 Å². The molecule has 2 atom stereocenters. The maximum absolute atomic E-state index is 12.0. The molecule has 1 rings (SSSR count). The lowest BCUT2D eigenvalue weighted by atomic mass is 9.84. The average Bonchev–Trinajstić information content (AvgIpc) is 2.18. The molecule has 0 bridgehead atoms. The summed E-state index contributed by atoms with van der Waals surface area (Å²) in [6.07, 6.45) is 2.09. The molecule has 14 heavy (non-hydrogen) atoms. The molecule has 1 amide bonds. The second-order valence-electron chi connectivity index (χ2n) is 3.95. The van der Waals surface area contributed by atoms with Crippen LogP contribution in [-0.2, 0) is 4.79 Å². The third-order valence-electron chi connectivity index (χ3n) is 2.90. The molecule has 0 radical (unpaired) electrons. The minimum atomic E-state index is -2.88. The fourth-order valence-electron chi connectivity index (χ4n) is 2.06. The number of rotatable bonds is 3. The predicted octanol–water partition coefficient (Wildman–Crippen LogP) is 2.34. The summed E-state index contributed by atoms with van der Waals surface area (Å²) < 4.78 is 23.9. The predicted molar refractivity (Wildman–Crippen MR) is 50.2 cm³/mol. The largest absolute Gasteiger partial charge is 0.348 e. The Labute approximate surface area is 83.1 Å². The SMILES string of the molecule is CCC1CCCC(NC(=O)C(F)F)C1. The summed E-state index contributed by atoms with van der Waals surface area (Å²) in [5.74, 6) is -0.529. The Hall–Kier alpha value is -0.670. The lowest BCUT2D eigenvalue weighted by molar-refractivity contribution is -0.132. The van der Waals surface area contributed by atoms with Crippen molar-refractivity contribution in [1.29, 1.82) is 0 Å². The first kappa shape index (κ1) is 11.4. The highest BCUT2D eigenvalue weighted by Gasteiger charge is 2.24. The van der Waals surface area contributed by atoms with Gasteiger partial charge in [0.2, 0.25) is 0 Å². The number of halogens is 2. The maximum Gasteiger partial charge on any atom is 0.315 e. The van der Waals surface area contributed by atoms with Crippen LogP contribution in [0.3, 0.4) is 0 Å². The van der Waals surface area contributed by atoms with Crippen molar-refractivity contribution in [1.82, 2.24) is 5.32 Å². The number of carbonyl (C=O) groups excluding carboxylic acids is 1. The van der Waals surface area contributed by atoms with Crippen molar-refractivity contribution < 1.29 is 13.6 Å². The molecule has 1 aliphatic carbocycles. The highest BCUT2D eigenvalue weighted by molar-refractivity contribution is 5.79. The van der Waals surface area contributed by atoms with E-state index in [2.05, 4.69) is 12.2 Å². The van der Waals surface area contributed by atoms with E-state index in [9.17, 15) is 13.6 Å². The molecule has 0 saturated heterocycles. The van der Waals surface area contributed by atoms with E-state index in [0.29, 0.717) is 5.92 Å². The molecular formula is C10H17F2NO. The molecule has 0 aromatic rings. The minimum Gasteiger partial charge on any atom is -0.348 e. The molecule has 1 aliphatic rings. The summed E-state index contributed by atoms with van der Waals surface area (Å²) in [5, 5.41) is 2.39. The van der Waals surface area contributed by atoms with Crippen LogP contribution in [0.4, 0.5) is 8.78 Å². The molecule has 0 aliphatic heterocycles. The Morgan fingerprint density at radius 2 is 2.21 bits per heavy atom. The average molecular weight is 205 g/mol. The molecule has 1 saturated carbocycles. The summed E-state index contributed by atoms with van der Waals surface area (Å²) in [6, 6.07) is -0.0322. The summed E-state index contributed by atoms with van der Waals surface area (Å²) >= 11 is 0. The topological polar surface area (TPSA) is 29.1 Å². The first-order chi connectivity index (χ1) is 6.63. The molecule has 0 aromatic carbocycles. The van der Waals surface area contributed by atoms with Gasteiger partial charge in [-0.3, -0.25) is 4.79 Å². The van der Waals surface area contributed by atoms with Gasteiger partial charge >= 0.3 is 6.43 Å². The van der Waals surface area contributed by atoms with E-state index in [1.165, 1.54) is 0 Å². The first-order valence-electron chi connectivity index (χ1n) is 5.22. The van der Waals surface area contributed by atoms with Gasteiger partial charge in [0.15, 0.2) is 0 Å². The van der Waals surface area contributed by atoms with Crippen LogP contribution in [0.25, 0.3) is 0 Å². The summed E-state index contributed by atoms with van der Waals surface area (Å²) in [7, 11) is 0. The molecule has 0 spiro atoms. The Balaban J connectivity index is 2.34. The monoisotopic (exact) mass is 205 g/mol. The van der Waals surface area contributed by atoms with E-state index in [4.69, 9.17) is 0 Å². The van der Waals surface area contributed by atoms with Crippen LogP contribution in [0, 0.1) is 5.92 Å². The van der Waals surface area contributed by atoms with Crippen LogP contribution < -0.4 is 5.32 Å². The molecule has 2 unspecified atom stereocenters. The maximum atomic E-state index is 12.0. The molecule has 1 fully saturated rings. The Morgan fingerprint density at radius 3 is 2.79 bits per heavy atom. The summed E-state index contributed by atoms with van der Waals surface area (Å²) in [5.41, 5.74) is 0. The summed E-state index contributed by atoms with van der Waals surface area (Å²) in [6.45, 7) is 2.10. The van der Waals surface area contributed by atoms with Gasteiger partial charge in [-0.05, 0) is 18.8 Å². The van der Waals surface area contributed by atoms with Crippen LogP contribution in [0.2, 0.25) is 0 Å². The molecule has 0 heterocycles. The summed E-state index contributed by atoms with van der Waals surface area (Å²) in [4.78, 5) is 10.7. The molecule has 1 N–H and O–H groups in total. The van der Waals surface area contributed by atoms with Crippen molar-refractivity contribution in [2.24, 2.45) is 5.92 Å². The van der Waals surface area contributed by atoms with Gasteiger partial charge in [-0.25, -0.2) is 0 Å². The zero-order valence-electron chi connectivity index (χ0n) is 8.43. The third-order valence-corrected chi connectivity index (χ3v) is 2.90. The second kappa shape index (κ2) is 5.27. The number of hydrogen-bond acceptors (Lipinski definition) is 1. The van der Waals surface area contributed by atoms with Crippen molar-refractivity contribution in [2.75, 3.05) is 0 Å².